The fourth-order valence-electron chi connectivity index (χ4n) is 5.38. The molecule has 1 aliphatic rings. The number of nitrogens with zero attached hydrogens (tertiary/aromatic N) is 6. The van der Waals surface area contributed by atoms with Crippen molar-refractivity contribution in [2.24, 2.45) is 7.05 Å². The minimum absolute atomic E-state index is 0.0597. The van der Waals surface area contributed by atoms with E-state index in [0.29, 0.717) is 19.6 Å². The van der Waals surface area contributed by atoms with E-state index in [-0.39, 0.29) is 43.8 Å². The van der Waals surface area contributed by atoms with Crippen molar-refractivity contribution < 1.29 is 23.5 Å². The minimum atomic E-state index is -0.617. The lowest BCUT2D eigenvalue weighted by Gasteiger charge is -2.32. The molecule has 0 fully saturated rings. The van der Waals surface area contributed by atoms with Gasteiger partial charge in [-0.2, -0.15) is 5.10 Å². The summed E-state index contributed by atoms with van der Waals surface area (Å²) in [7, 11) is 3.58. The van der Waals surface area contributed by atoms with Crippen molar-refractivity contribution in [3.8, 4) is 0 Å². The van der Waals surface area contributed by atoms with Crippen molar-refractivity contribution in [2.45, 2.75) is 60.2 Å². The summed E-state index contributed by atoms with van der Waals surface area (Å²) in [6.45, 7) is 12.9. The summed E-state index contributed by atoms with van der Waals surface area (Å²) >= 11 is 0. The number of benzene rings is 2. The standard InChI is InChI=1S/C32H44FN7O4/c1-9-38(31(43)44-32(4,5)6)13-12-34-29(41)19-39(27-16-26-22(3)35-36(7)28(26)14-21(27)2)20-30(42)37(8)40-17-23-10-11-25(33)15-24(23)18-40/h10-11,14-16H,9,12-13,17-20H2,1-8H3,(H,34,41). The number of fused-ring (bicyclic) bond motifs is 2. The van der Waals surface area contributed by atoms with Gasteiger partial charge in [-0.1, -0.05) is 6.07 Å². The Bertz CT molecular complexity index is 1550. The number of amides is 3. The van der Waals surface area contributed by atoms with Gasteiger partial charge >= 0.3 is 6.09 Å². The number of hydrogen-bond acceptors (Lipinski definition) is 7. The van der Waals surface area contributed by atoms with E-state index in [0.717, 1.165) is 39.0 Å². The summed E-state index contributed by atoms with van der Waals surface area (Å²) in [5.41, 5.74) is 4.66. The molecule has 238 valence electrons. The van der Waals surface area contributed by atoms with Crippen molar-refractivity contribution in [1.29, 1.82) is 0 Å². The SMILES string of the molecule is CCN(CCNC(=O)CN(CC(=O)N(C)N1Cc2ccc(F)cc2C1)c1cc2c(C)nn(C)c2cc1C)C(=O)OC(C)(C)C. The van der Waals surface area contributed by atoms with E-state index in [1.165, 1.54) is 17.0 Å². The highest BCUT2D eigenvalue weighted by Gasteiger charge is 2.28. The first-order valence-electron chi connectivity index (χ1n) is 14.9. The molecule has 11 nitrogen and oxygen atoms in total. The van der Waals surface area contributed by atoms with Gasteiger partial charge in [0.2, 0.25) is 5.91 Å². The monoisotopic (exact) mass is 609 g/mol. The molecule has 3 amide bonds. The Kier molecular flexibility index (Phi) is 9.82. The zero-order valence-corrected chi connectivity index (χ0v) is 27.0. The van der Waals surface area contributed by atoms with E-state index in [4.69, 9.17) is 4.74 Å². The molecule has 2 heterocycles. The van der Waals surface area contributed by atoms with Crippen LogP contribution in [0.1, 0.15) is 50.1 Å². The van der Waals surface area contributed by atoms with Gasteiger partial charge in [-0.15, -0.1) is 0 Å². The molecule has 1 aromatic heterocycles. The van der Waals surface area contributed by atoms with Crippen LogP contribution in [-0.4, -0.2) is 88.0 Å². The van der Waals surface area contributed by atoms with Gasteiger partial charge in [0, 0.05) is 57.9 Å². The van der Waals surface area contributed by atoms with Crippen molar-refractivity contribution in [3.05, 3.63) is 58.5 Å². The molecule has 0 radical (unpaired) electrons. The number of ether oxygens (including phenoxy) is 1. The summed E-state index contributed by atoms with van der Waals surface area (Å²) in [4.78, 5) is 42.7. The molecular formula is C32H44FN7O4. The molecule has 0 spiro atoms. The van der Waals surface area contributed by atoms with Gasteiger partial charge in [0.05, 0.1) is 24.3 Å². The minimum Gasteiger partial charge on any atom is -0.444 e. The predicted octanol–water partition coefficient (Wildman–Crippen LogP) is 3.90. The molecule has 44 heavy (non-hydrogen) atoms. The van der Waals surface area contributed by atoms with Gasteiger partial charge < -0.3 is 19.9 Å². The highest BCUT2D eigenvalue weighted by Crippen LogP contribution is 2.29. The van der Waals surface area contributed by atoms with E-state index < -0.39 is 11.7 Å². The first-order chi connectivity index (χ1) is 20.7. The van der Waals surface area contributed by atoms with Crippen molar-refractivity contribution in [2.75, 3.05) is 44.7 Å². The number of carbonyl (C=O) groups excluding carboxylic acids is 3. The number of likely N-dealkylation sites (N-methyl/N-ethyl adjacent to an activating group) is 2. The van der Waals surface area contributed by atoms with Crippen LogP contribution in [0.25, 0.3) is 10.9 Å². The first kappa shape index (κ1) is 32.7. The Morgan fingerprint density at radius 2 is 1.77 bits per heavy atom. The molecule has 4 rings (SSSR count). The van der Waals surface area contributed by atoms with Crippen LogP contribution in [0, 0.1) is 19.7 Å². The second kappa shape index (κ2) is 13.2. The van der Waals surface area contributed by atoms with E-state index in [1.807, 2.05) is 70.4 Å². The van der Waals surface area contributed by atoms with Crippen LogP contribution in [-0.2, 0) is 34.5 Å². The molecule has 1 aliphatic heterocycles. The second-order valence-electron chi connectivity index (χ2n) is 12.3. The maximum atomic E-state index is 13.8. The van der Waals surface area contributed by atoms with Crippen LogP contribution in [0.2, 0.25) is 0 Å². The van der Waals surface area contributed by atoms with E-state index in [9.17, 15) is 18.8 Å². The first-order valence-corrected chi connectivity index (χ1v) is 14.9. The Balaban J connectivity index is 1.49. The molecule has 0 unspecified atom stereocenters. The second-order valence-corrected chi connectivity index (χ2v) is 12.3. The zero-order chi connectivity index (χ0) is 32.3. The highest BCUT2D eigenvalue weighted by molar-refractivity contribution is 5.91. The summed E-state index contributed by atoms with van der Waals surface area (Å²) in [6, 6.07) is 8.66. The maximum absolute atomic E-state index is 13.8. The van der Waals surface area contributed by atoms with E-state index in [1.54, 1.807) is 23.0 Å². The number of aromatic nitrogens is 2. The number of hydrogen-bond donors (Lipinski definition) is 1. The predicted molar refractivity (Wildman–Crippen MR) is 167 cm³/mol. The normalized spacial score (nSPS) is 13.1. The average Bonchev–Trinajstić information content (AvgIpc) is 3.47. The molecule has 12 heteroatoms. The molecule has 0 bridgehead atoms. The van der Waals surface area contributed by atoms with Crippen LogP contribution >= 0.6 is 0 Å². The van der Waals surface area contributed by atoms with Crippen LogP contribution in [0.15, 0.2) is 30.3 Å². The van der Waals surface area contributed by atoms with Gasteiger partial charge in [0.15, 0.2) is 0 Å². The number of rotatable bonds is 10. The molecule has 2 aromatic carbocycles. The molecule has 0 saturated heterocycles. The van der Waals surface area contributed by atoms with Crippen LogP contribution in [0.3, 0.4) is 0 Å². The van der Waals surface area contributed by atoms with Crippen LogP contribution in [0.4, 0.5) is 14.9 Å². The maximum Gasteiger partial charge on any atom is 0.410 e. The van der Waals surface area contributed by atoms with Crippen LogP contribution in [0.5, 0.6) is 0 Å². The molecule has 0 saturated carbocycles. The number of nitrogens with one attached hydrogen (secondary N) is 1. The van der Waals surface area contributed by atoms with Gasteiger partial charge in [0.1, 0.15) is 11.4 Å². The van der Waals surface area contributed by atoms with Crippen molar-refractivity contribution >= 4 is 34.5 Å². The average molecular weight is 610 g/mol. The molecule has 1 N–H and O–H groups in total. The third-order valence-corrected chi connectivity index (χ3v) is 7.75. The molecular weight excluding hydrogens is 565 g/mol. The smallest absolute Gasteiger partial charge is 0.410 e. The Morgan fingerprint density at radius 1 is 1.07 bits per heavy atom. The zero-order valence-electron chi connectivity index (χ0n) is 27.0. The summed E-state index contributed by atoms with van der Waals surface area (Å²) in [5.74, 6) is -0.802. The number of aryl methyl sites for hydroxylation is 3. The fraction of sp³-hybridized carbons (Fsp3) is 0.500. The van der Waals surface area contributed by atoms with Gasteiger partial charge in [0.25, 0.3) is 5.91 Å². The highest BCUT2D eigenvalue weighted by atomic mass is 19.1. The third kappa shape index (κ3) is 7.65. The summed E-state index contributed by atoms with van der Waals surface area (Å²) in [5, 5.41) is 11.8. The van der Waals surface area contributed by atoms with Gasteiger partial charge in [-0.25, -0.2) is 14.2 Å². The van der Waals surface area contributed by atoms with Crippen molar-refractivity contribution in [1.82, 2.24) is 30.0 Å². The third-order valence-electron chi connectivity index (χ3n) is 7.75. The quantitative estimate of drug-likeness (QED) is 0.372. The number of carbonyl (C=O) groups is 3. The van der Waals surface area contributed by atoms with E-state index in [2.05, 4.69) is 10.4 Å². The summed E-state index contributed by atoms with van der Waals surface area (Å²) < 4.78 is 21.1. The van der Waals surface area contributed by atoms with E-state index >= 15 is 0 Å². The number of anilines is 1. The molecule has 0 atom stereocenters. The Labute approximate surface area is 258 Å². The Morgan fingerprint density at radius 3 is 2.45 bits per heavy atom. The lowest BCUT2D eigenvalue weighted by atomic mass is 10.1. The lowest BCUT2D eigenvalue weighted by molar-refractivity contribution is -0.145. The Hall–Kier alpha value is -4.19. The van der Waals surface area contributed by atoms with Gasteiger partial charge in [-0.05, 0) is 82.5 Å². The summed E-state index contributed by atoms with van der Waals surface area (Å²) in [6.07, 6.45) is -0.438. The van der Waals surface area contributed by atoms with Crippen LogP contribution < -0.4 is 10.2 Å². The topological polar surface area (TPSA) is 103 Å². The number of halogens is 1. The van der Waals surface area contributed by atoms with Gasteiger partial charge in [-0.3, -0.25) is 19.3 Å². The number of hydrazine groups is 1. The largest absolute Gasteiger partial charge is 0.444 e. The van der Waals surface area contributed by atoms with Crippen molar-refractivity contribution in [3.63, 3.8) is 0 Å². The lowest BCUT2D eigenvalue weighted by Crippen LogP contribution is -2.48. The molecule has 3 aromatic rings. The fourth-order valence-corrected chi connectivity index (χ4v) is 5.38. The molecule has 0 aliphatic carbocycles.